The summed E-state index contributed by atoms with van der Waals surface area (Å²) in [5, 5.41) is 25.9. The van der Waals surface area contributed by atoms with Gasteiger partial charge < -0.3 is 18.3 Å². The predicted octanol–water partition coefficient (Wildman–Crippen LogP) is 4.35. The zero-order valence-electron chi connectivity index (χ0n) is 18.6. The Kier molecular flexibility index (Phi) is 4.64. The summed E-state index contributed by atoms with van der Waals surface area (Å²) in [6.45, 7) is 0. The Morgan fingerprint density at radius 2 is 1.06 bits per heavy atom. The average molecular weight is 464 g/mol. The van der Waals surface area contributed by atoms with Crippen LogP contribution in [0.15, 0.2) is 45.2 Å². The summed E-state index contributed by atoms with van der Waals surface area (Å²) in [6, 6.07) is 8.84. The van der Waals surface area contributed by atoms with Gasteiger partial charge in [0.15, 0.2) is 0 Å². The van der Waals surface area contributed by atoms with Crippen molar-refractivity contribution >= 4 is 55.3 Å². The second-order valence-corrected chi connectivity index (χ2v) is 7.85. The summed E-state index contributed by atoms with van der Waals surface area (Å²) >= 11 is 0. The molecule has 0 atom stereocenters. The summed E-state index contributed by atoms with van der Waals surface area (Å²) in [5.41, 5.74) is 0.847. The van der Waals surface area contributed by atoms with E-state index in [2.05, 4.69) is 0 Å². The van der Waals surface area contributed by atoms with E-state index in [0.717, 1.165) is 5.36 Å². The number of hydrogen-bond acceptors (Lipinski definition) is 8. The Labute approximate surface area is 190 Å². The van der Waals surface area contributed by atoms with Crippen LogP contribution in [0, 0.1) is 20.2 Å². The standard InChI is InChI=1S/C23H18N3O8/c1-24(2)11-5-16-22-17(6-11)34-19-10-13(26(29)30)8-15(32-4)21(19)23(22)20-14(31-3)7-12(25(27)28)9-18(20)33-16/h5-10H,1-4H3/q+1. The molecule has 5 rings (SSSR count). The molecular weight excluding hydrogens is 446 g/mol. The number of nitro groups is 2. The van der Waals surface area contributed by atoms with E-state index < -0.39 is 9.85 Å². The molecule has 0 unspecified atom stereocenters. The van der Waals surface area contributed by atoms with Crippen LogP contribution in [0.5, 0.6) is 11.5 Å². The monoisotopic (exact) mass is 464 g/mol. The Bertz CT molecular complexity index is 1640. The molecule has 0 spiro atoms. The topological polar surface area (TPSA) is 134 Å². The average Bonchev–Trinajstić information content (AvgIpc) is 2.81. The summed E-state index contributed by atoms with van der Waals surface area (Å²) in [5.74, 6) is 0.418. The summed E-state index contributed by atoms with van der Waals surface area (Å²) in [4.78, 5) is 22.0. The summed E-state index contributed by atoms with van der Waals surface area (Å²) in [7, 11) is 6.49. The van der Waals surface area contributed by atoms with Crippen LogP contribution in [0.25, 0.3) is 43.9 Å². The number of methoxy groups -OCH3 is 2. The molecule has 5 aromatic rings. The van der Waals surface area contributed by atoms with E-state index >= 15 is 0 Å². The largest absolute Gasteiger partial charge is 0.496 e. The van der Waals surface area contributed by atoms with Crippen LogP contribution in [0.1, 0.15) is 0 Å². The first-order valence-corrected chi connectivity index (χ1v) is 10.1. The minimum Gasteiger partial charge on any atom is -0.496 e. The summed E-state index contributed by atoms with van der Waals surface area (Å²) < 4.78 is 25.2. The van der Waals surface area contributed by atoms with Gasteiger partial charge in [-0.05, 0) is 0 Å². The first kappa shape index (κ1) is 21.2. The molecule has 0 saturated carbocycles. The number of ether oxygens (including phenoxy) is 2. The minimum absolute atomic E-state index is 0.202. The van der Waals surface area contributed by atoms with Crippen LogP contribution in [-0.4, -0.2) is 38.2 Å². The number of fused-ring (bicyclic) bond motifs is 4. The maximum Gasteiger partial charge on any atom is 0.276 e. The van der Waals surface area contributed by atoms with Gasteiger partial charge in [-0.3, -0.25) is 20.2 Å². The van der Waals surface area contributed by atoms with E-state index in [1.54, 1.807) is 12.1 Å². The van der Waals surface area contributed by atoms with E-state index in [4.69, 9.17) is 18.3 Å². The molecule has 0 aliphatic rings. The van der Waals surface area contributed by atoms with E-state index in [0.29, 0.717) is 32.7 Å². The molecule has 0 aliphatic heterocycles. The van der Waals surface area contributed by atoms with Crippen molar-refractivity contribution in [1.82, 2.24) is 4.58 Å². The Morgan fingerprint density at radius 1 is 0.647 bits per heavy atom. The van der Waals surface area contributed by atoms with Crippen molar-refractivity contribution in [1.29, 1.82) is 0 Å². The molecule has 0 N–H and O–H groups in total. The van der Waals surface area contributed by atoms with E-state index in [1.165, 1.54) is 38.5 Å². The van der Waals surface area contributed by atoms with Gasteiger partial charge in [0, 0.05) is 5.39 Å². The number of nitrogens with zero attached hydrogens (tertiary/aromatic N) is 3. The maximum absolute atomic E-state index is 11.5. The first-order chi connectivity index (χ1) is 16.2. The third-order valence-electron chi connectivity index (χ3n) is 5.72. The van der Waals surface area contributed by atoms with Crippen LogP contribution < -0.4 is 19.4 Å². The zero-order valence-corrected chi connectivity index (χ0v) is 18.6. The SMILES string of the molecule is COc1cc([N+](=O)[O-])cc2oc3cc(=[N+](C)C)cc4oc5cc([N+](=O)[O-])cc(OC)c5c(c12)c34. The van der Waals surface area contributed by atoms with Gasteiger partial charge in [-0.1, -0.05) is 0 Å². The van der Waals surface area contributed by atoms with Crippen molar-refractivity contribution < 1.29 is 28.2 Å². The van der Waals surface area contributed by atoms with Crippen molar-refractivity contribution in [3.8, 4) is 11.5 Å². The molecule has 34 heavy (non-hydrogen) atoms. The molecule has 2 aromatic heterocycles. The van der Waals surface area contributed by atoms with Gasteiger partial charge in [0.1, 0.15) is 47.9 Å². The second kappa shape index (κ2) is 7.44. The number of non-ortho nitro benzene ring substituents is 2. The highest BCUT2D eigenvalue weighted by molar-refractivity contribution is 6.28. The third-order valence-corrected chi connectivity index (χ3v) is 5.72. The van der Waals surface area contributed by atoms with Crippen LogP contribution in [-0.2, 0) is 0 Å². The van der Waals surface area contributed by atoms with Crippen molar-refractivity contribution in [2.75, 3.05) is 28.3 Å². The molecule has 0 radical (unpaired) electrons. The minimum atomic E-state index is -0.532. The lowest BCUT2D eigenvalue weighted by molar-refractivity contribution is -0.385. The molecule has 0 aliphatic carbocycles. The fraction of sp³-hybridized carbons (Fsp3) is 0.174. The lowest BCUT2D eigenvalue weighted by atomic mass is 9.99. The second-order valence-electron chi connectivity index (χ2n) is 7.85. The quantitative estimate of drug-likeness (QED) is 0.126. The van der Waals surface area contributed by atoms with Crippen molar-refractivity contribution in [2.45, 2.75) is 0 Å². The van der Waals surface area contributed by atoms with Crippen molar-refractivity contribution in [3.05, 3.63) is 62.0 Å². The van der Waals surface area contributed by atoms with Gasteiger partial charge in [-0.2, -0.15) is 0 Å². The molecule has 172 valence electrons. The van der Waals surface area contributed by atoms with E-state index in [-0.39, 0.29) is 34.0 Å². The zero-order chi connectivity index (χ0) is 24.3. The molecule has 0 fully saturated rings. The van der Waals surface area contributed by atoms with Crippen molar-refractivity contribution in [2.24, 2.45) is 0 Å². The molecule has 11 nitrogen and oxygen atoms in total. The fourth-order valence-corrected chi connectivity index (χ4v) is 4.19. The highest BCUT2D eigenvalue weighted by atomic mass is 16.6. The molecule has 2 heterocycles. The maximum atomic E-state index is 11.5. The van der Waals surface area contributed by atoms with Gasteiger partial charge in [-0.25, -0.2) is 4.58 Å². The van der Waals surface area contributed by atoms with Crippen LogP contribution >= 0.6 is 0 Å². The van der Waals surface area contributed by atoms with Gasteiger partial charge in [0.25, 0.3) is 11.4 Å². The van der Waals surface area contributed by atoms with E-state index in [9.17, 15) is 20.2 Å². The highest BCUT2D eigenvalue weighted by Crippen LogP contribution is 2.46. The third kappa shape index (κ3) is 3.01. The number of hydrogen-bond donors (Lipinski definition) is 0. The van der Waals surface area contributed by atoms with Crippen LogP contribution in [0.4, 0.5) is 11.4 Å². The molecule has 0 saturated heterocycles. The van der Waals surface area contributed by atoms with Crippen LogP contribution in [0.2, 0.25) is 0 Å². The van der Waals surface area contributed by atoms with Gasteiger partial charge in [-0.15, -0.1) is 0 Å². The lowest BCUT2D eigenvalue weighted by Gasteiger charge is -2.15. The smallest absolute Gasteiger partial charge is 0.276 e. The van der Waals surface area contributed by atoms with Crippen molar-refractivity contribution in [3.63, 3.8) is 0 Å². The van der Waals surface area contributed by atoms with Gasteiger partial charge in [0.2, 0.25) is 5.36 Å². The van der Waals surface area contributed by atoms with Gasteiger partial charge >= 0.3 is 0 Å². The number of nitro benzene ring substituents is 2. The van der Waals surface area contributed by atoms with Crippen LogP contribution in [0.3, 0.4) is 0 Å². The fourth-order valence-electron chi connectivity index (χ4n) is 4.19. The molecule has 0 amide bonds. The Hall–Kier alpha value is -4.67. The highest BCUT2D eigenvalue weighted by Gasteiger charge is 2.25. The predicted molar refractivity (Wildman–Crippen MR) is 125 cm³/mol. The lowest BCUT2D eigenvalue weighted by Crippen LogP contribution is -2.20. The Morgan fingerprint density at radius 3 is 1.41 bits per heavy atom. The summed E-state index contributed by atoms with van der Waals surface area (Å²) in [6.07, 6.45) is 0. The number of rotatable bonds is 4. The molecule has 3 aromatic carbocycles. The number of benzene rings is 3. The normalized spacial score (nSPS) is 11.4. The van der Waals surface area contributed by atoms with E-state index in [1.807, 2.05) is 18.7 Å². The Balaban J connectivity index is 2.18. The van der Waals surface area contributed by atoms with Gasteiger partial charge in [0.05, 0.1) is 76.6 Å². The first-order valence-electron chi connectivity index (χ1n) is 10.1. The molecular formula is C23H18N3O8+. The molecule has 11 heteroatoms. The molecule has 0 bridgehead atoms.